The molecular formula is C17H17N3O4. The molecular weight excluding hydrogens is 310 g/mol. The van der Waals surface area contributed by atoms with Crippen LogP contribution in [0.2, 0.25) is 0 Å². The Morgan fingerprint density at radius 3 is 2.92 bits per heavy atom. The molecule has 2 aromatic rings. The number of ether oxygens (including phenoxy) is 2. The lowest BCUT2D eigenvalue weighted by Gasteiger charge is -2.32. The van der Waals surface area contributed by atoms with Crippen molar-refractivity contribution in [2.45, 2.75) is 19.1 Å². The molecule has 0 saturated heterocycles. The zero-order valence-corrected chi connectivity index (χ0v) is 13.3. The van der Waals surface area contributed by atoms with E-state index in [1.165, 1.54) is 13.1 Å². The number of carbonyl (C=O) groups is 2. The average Bonchev–Trinajstić information content (AvgIpc) is 2.60. The van der Waals surface area contributed by atoms with Gasteiger partial charge in [-0.3, -0.25) is 9.59 Å². The van der Waals surface area contributed by atoms with Gasteiger partial charge in [-0.05, 0) is 25.1 Å². The fourth-order valence-corrected chi connectivity index (χ4v) is 2.40. The standard InChI is InChI=1S/C17H17N3O4/c1-17(16(22)20-14-13(24-17)8-5-9-18-14)15(21)19-10-11-6-3-4-7-12(11)23-2/h3-9H,10H2,1-2H3,(H,19,21)(H,18,20,22)/t17-/m0/s1. The Labute approximate surface area is 139 Å². The first kappa shape index (κ1) is 15.8. The number of carbonyl (C=O) groups excluding carboxylic acids is 2. The van der Waals surface area contributed by atoms with E-state index in [4.69, 9.17) is 9.47 Å². The normalized spacial score (nSPS) is 18.8. The summed E-state index contributed by atoms with van der Waals surface area (Å²) in [5.74, 6) is 0.211. The molecule has 0 aliphatic carbocycles. The van der Waals surface area contributed by atoms with Gasteiger partial charge in [0.2, 0.25) is 0 Å². The van der Waals surface area contributed by atoms with Crippen LogP contribution in [0.15, 0.2) is 42.6 Å². The lowest BCUT2D eigenvalue weighted by Crippen LogP contribution is -2.58. The number of nitrogens with one attached hydrogen (secondary N) is 2. The molecule has 1 aliphatic heterocycles. The van der Waals surface area contributed by atoms with E-state index in [0.717, 1.165) is 5.56 Å². The first-order valence-electron chi connectivity index (χ1n) is 7.40. The van der Waals surface area contributed by atoms with Crippen molar-refractivity contribution >= 4 is 17.6 Å². The molecule has 1 aromatic heterocycles. The maximum absolute atomic E-state index is 12.6. The van der Waals surface area contributed by atoms with Crippen molar-refractivity contribution in [1.29, 1.82) is 0 Å². The van der Waals surface area contributed by atoms with E-state index in [2.05, 4.69) is 15.6 Å². The Bertz CT molecular complexity index is 793. The summed E-state index contributed by atoms with van der Waals surface area (Å²) in [6.45, 7) is 1.64. The minimum Gasteiger partial charge on any atom is -0.496 e. The van der Waals surface area contributed by atoms with Crippen LogP contribution in [0.3, 0.4) is 0 Å². The zero-order valence-electron chi connectivity index (χ0n) is 13.3. The maximum Gasteiger partial charge on any atom is 0.279 e. The largest absolute Gasteiger partial charge is 0.496 e. The van der Waals surface area contributed by atoms with Crippen LogP contribution < -0.4 is 20.1 Å². The molecule has 0 fully saturated rings. The number of fused-ring (bicyclic) bond motifs is 1. The highest BCUT2D eigenvalue weighted by Gasteiger charge is 2.47. The predicted molar refractivity (Wildman–Crippen MR) is 86.7 cm³/mol. The van der Waals surface area contributed by atoms with E-state index in [1.807, 2.05) is 18.2 Å². The Balaban J connectivity index is 1.76. The number of aromatic nitrogens is 1. The van der Waals surface area contributed by atoms with Crippen molar-refractivity contribution < 1.29 is 19.1 Å². The van der Waals surface area contributed by atoms with E-state index in [9.17, 15) is 9.59 Å². The van der Waals surface area contributed by atoms with Crippen molar-refractivity contribution in [1.82, 2.24) is 10.3 Å². The molecule has 3 rings (SSSR count). The van der Waals surface area contributed by atoms with Crippen LogP contribution in [0.1, 0.15) is 12.5 Å². The SMILES string of the molecule is COc1ccccc1CNC(=O)[C@]1(C)Oc2cccnc2NC1=O. The van der Waals surface area contributed by atoms with Crippen molar-refractivity contribution in [3.63, 3.8) is 0 Å². The molecule has 124 valence electrons. The van der Waals surface area contributed by atoms with Crippen LogP contribution in [0.25, 0.3) is 0 Å². The number of methoxy groups -OCH3 is 1. The molecule has 0 unspecified atom stereocenters. The van der Waals surface area contributed by atoms with E-state index in [1.54, 1.807) is 25.3 Å². The van der Waals surface area contributed by atoms with Crippen LogP contribution in [0.4, 0.5) is 5.82 Å². The van der Waals surface area contributed by atoms with Gasteiger partial charge in [-0.15, -0.1) is 0 Å². The van der Waals surface area contributed by atoms with Crippen LogP contribution in [-0.4, -0.2) is 29.5 Å². The monoisotopic (exact) mass is 327 g/mol. The van der Waals surface area contributed by atoms with E-state index < -0.39 is 17.4 Å². The Hall–Kier alpha value is -3.09. The molecule has 1 aliphatic rings. The van der Waals surface area contributed by atoms with Crippen molar-refractivity contribution in [3.8, 4) is 11.5 Å². The van der Waals surface area contributed by atoms with Gasteiger partial charge in [0.1, 0.15) is 5.75 Å². The van der Waals surface area contributed by atoms with Crippen LogP contribution >= 0.6 is 0 Å². The van der Waals surface area contributed by atoms with Crippen LogP contribution in [0.5, 0.6) is 11.5 Å². The second-order valence-corrected chi connectivity index (χ2v) is 5.43. The third kappa shape index (κ3) is 2.76. The summed E-state index contributed by atoms with van der Waals surface area (Å²) in [5, 5.41) is 5.31. The number of pyridine rings is 1. The Kier molecular flexibility index (Phi) is 4.07. The fourth-order valence-electron chi connectivity index (χ4n) is 2.40. The van der Waals surface area contributed by atoms with E-state index in [0.29, 0.717) is 17.3 Å². The summed E-state index contributed by atoms with van der Waals surface area (Å²) in [7, 11) is 1.56. The van der Waals surface area contributed by atoms with Crippen LogP contribution in [-0.2, 0) is 16.1 Å². The highest BCUT2D eigenvalue weighted by molar-refractivity contribution is 6.15. The summed E-state index contributed by atoms with van der Waals surface area (Å²) >= 11 is 0. The number of hydrogen-bond donors (Lipinski definition) is 2. The first-order chi connectivity index (χ1) is 11.5. The van der Waals surface area contributed by atoms with Crippen molar-refractivity contribution in [3.05, 3.63) is 48.2 Å². The van der Waals surface area contributed by atoms with Gasteiger partial charge in [0.15, 0.2) is 11.6 Å². The molecule has 24 heavy (non-hydrogen) atoms. The zero-order chi connectivity index (χ0) is 17.2. The van der Waals surface area contributed by atoms with Gasteiger partial charge < -0.3 is 20.1 Å². The molecule has 2 amide bonds. The minimum absolute atomic E-state index is 0.217. The second kappa shape index (κ2) is 6.19. The fraction of sp³-hybridized carbons (Fsp3) is 0.235. The number of anilines is 1. The predicted octanol–water partition coefficient (Wildman–Crippen LogP) is 1.50. The lowest BCUT2D eigenvalue weighted by molar-refractivity contribution is -0.146. The average molecular weight is 327 g/mol. The molecule has 2 N–H and O–H groups in total. The number of rotatable bonds is 4. The van der Waals surface area contributed by atoms with E-state index in [-0.39, 0.29) is 6.54 Å². The molecule has 2 heterocycles. The highest BCUT2D eigenvalue weighted by atomic mass is 16.5. The Morgan fingerprint density at radius 1 is 1.33 bits per heavy atom. The number of para-hydroxylation sites is 1. The number of nitrogens with zero attached hydrogens (tertiary/aromatic N) is 1. The summed E-state index contributed by atoms with van der Waals surface area (Å²) in [6.07, 6.45) is 1.53. The summed E-state index contributed by atoms with van der Waals surface area (Å²) in [4.78, 5) is 28.9. The summed E-state index contributed by atoms with van der Waals surface area (Å²) in [5.41, 5.74) is -0.867. The lowest BCUT2D eigenvalue weighted by atomic mass is 10.0. The van der Waals surface area contributed by atoms with Gasteiger partial charge in [0, 0.05) is 18.3 Å². The quantitative estimate of drug-likeness (QED) is 0.831. The van der Waals surface area contributed by atoms with Gasteiger partial charge in [-0.1, -0.05) is 18.2 Å². The molecule has 1 atom stereocenters. The van der Waals surface area contributed by atoms with Gasteiger partial charge in [0.25, 0.3) is 17.4 Å². The first-order valence-corrected chi connectivity index (χ1v) is 7.40. The third-order valence-corrected chi connectivity index (χ3v) is 3.82. The molecule has 1 aromatic carbocycles. The highest BCUT2D eigenvalue weighted by Crippen LogP contribution is 2.31. The number of benzene rings is 1. The smallest absolute Gasteiger partial charge is 0.279 e. The number of amides is 2. The molecule has 7 nitrogen and oxygen atoms in total. The minimum atomic E-state index is -1.67. The van der Waals surface area contributed by atoms with Crippen LogP contribution in [0, 0.1) is 0 Å². The molecule has 0 radical (unpaired) electrons. The Morgan fingerprint density at radius 2 is 2.12 bits per heavy atom. The van der Waals surface area contributed by atoms with Gasteiger partial charge in [0.05, 0.1) is 7.11 Å². The van der Waals surface area contributed by atoms with Gasteiger partial charge in [-0.25, -0.2) is 4.98 Å². The molecule has 0 bridgehead atoms. The van der Waals surface area contributed by atoms with Gasteiger partial charge >= 0.3 is 0 Å². The number of hydrogen-bond acceptors (Lipinski definition) is 5. The topological polar surface area (TPSA) is 89.6 Å². The van der Waals surface area contributed by atoms with Gasteiger partial charge in [-0.2, -0.15) is 0 Å². The molecule has 0 spiro atoms. The molecule has 7 heteroatoms. The third-order valence-electron chi connectivity index (χ3n) is 3.82. The molecule has 0 saturated carbocycles. The second-order valence-electron chi connectivity index (χ2n) is 5.43. The van der Waals surface area contributed by atoms with E-state index >= 15 is 0 Å². The van der Waals surface area contributed by atoms with Crippen molar-refractivity contribution in [2.75, 3.05) is 12.4 Å². The summed E-state index contributed by atoms with van der Waals surface area (Å²) in [6, 6.07) is 10.6. The maximum atomic E-state index is 12.6. The van der Waals surface area contributed by atoms with Crippen molar-refractivity contribution in [2.24, 2.45) is 0 Å². The summed E-state index contributed by atoms with van der Waals surface area (Å²) < 4.78 is 10.9.